The quantitative estimate of drug-likeness (QED) is 0.547. The van der Waals surface area contributed by atoms with Crippen LogP contribution in [0.4, 0.5) is 0 Å². The van der Waals surface area contributed by atoms with Crippen LogP contribution in [0.5, 0.6) is 0 Å². The minimum Gasteiger partial charge on any atom is -0.0995 e. The van der Waals surface area contributed by atoms with E-state index in [4.69, 9.17) is 0 Å². The van der Waals surface area contributed by atoms with Crippen LogP contribution in [-0.4, -0.2) is 0 Å². The van der Waals surface area contributed by atoms with Gasteiger partial charge in [-0.05, 0) is 61.6 Å². The molecule has 0 amide bonds. The molecule has 0 atom stereocenters. The lowest BCUT2D eigenvalue weighted by Crippen LogP contribution is -2.11. The van der Waals surface area contributed by atoms with Crippen molar-refractivity contribution >= 4 is 0 Å². The van der Waals surface area contributed by atoms with Crippen LogP contribution >= 0.6 is 0 Å². The van der Waals surface area contributed by atoms with Gasteiger partial charge in [0, 0.05) is 0 Å². The van der Waals surface area contributed by atoms with Crippen molar-refractivity contribution in [1.29, 1.82) is 0 Å². The summed E-state index contributed by atoms with van der Waals surface area (Å²) < 4.78 is 0. The van der Waals surface area contributed by atoms with E-state index in [1.807, 2.05) is 0 Å². The van der Waals surface area contributed by atoms with E-state index in [-0.39, 0.29) is 5.41 Å². The molecule has 0 spiro atoms. The summed E-state index contributed by atoms with van der Waals surface area (Å²) in [5, 5.41) is 0. The van der Waals surface area contributed by atoms with Gasteiger partial charge in [0.05, 0.1) is 0 Å². The molecule has 2 rings (SSSR count). The van der Waals surface area contributed by atoms with E-state index in [0.717, 1.165) is 25.7 Å². The lowest BCUT2D eigenvalue weighted by atomic mass is 9.84. The molecule has 22 heavy (non-hydrogen) atoms. The lowest BCUT2D eigenvalue weighted by molar-refractivity contribution is 0.589. The first-order valence-electron chi connectivity index (χ1n) is 8.37. The number of aryl methyl sites for hydroxylation is 1. The van der Waals surface area contributed by atoms with Crippen molar-refractivity contribution in [2.75, 3.05) is 0 Å². The van der Waals surface area contributed by atoms with Crippen molar-refractivity contribution in [2.45, 2.75) is 65.7 Å². The van der Waals surface area contributed by atoms with Gasteiger partial charge in [0.15, 0.2) is 0 Å². The van der Waals surface area contributed by atoms with Crippen molar-refractivity contribution in [3.63, 3.8) is 0 Å². The molecule has 0 unspecified atom stereocenters. The zero-order valence-corrected chi connectivity index (χ0v) is 14.9. The molecule has 0 heteroatoms. The Hall–Kier alpha value is -1.56. The molecule has 1 aromatic carbocycles. The number of benzene rings is 1. The summed E-state index contributed by atoms with van der Waals surface area (Å²) in [6.07, 6.45) is 8.96. The Morgan fingerprint density at radius 1 is 1.14 bits per heavy atom. The summed E-state index contributed by atoms with van der Waals surface area (Å²) in [7, 11) is 0. The summed E-state index contributed by atoms with van der Waals surface area (Å²) >= 11 is 0. The van der Waals surface area contributed by atoms with E-state index in [0.29, 0.717) is 0 Å². The van der Waals surface area contributed by atoms with E-state index >= 15 is 0 Å². The average molecular weight is 294 g/mol. The Labute approximate surface area is 136 Å². The molecule has 0 radical (unpaired) electrons. The predicted octanol–water partition coefficient (Wildman–Crippen LogP) is 6.45. The third kappa shape index (κ3) is 4.47. The summed E-state index contributed by atoms with van der Waals surface area (Å²) in [5.41, 5.74) is 8.83. The van der Waals surface area contributed by atoms with E-state index < -0.39 is 0 Å². The van der Waals surface area contributed by atoms with Crippen molar-refractivity contribution in [3.05, 3.63) is 70.3 Å². The second kappa shape index (κ2) is 6.69. The highest BCUT2D eigenvalue weighted by Crippen LogP contribution is 2.27. The van der Waals surface area contributed by atoms with Crippen molar-refractivity contribution < 1.29 is 0 Å². The molecular formula is C22H30. The maximum atomic E-state index is 4.32. The standard InChI is InChI=1S/C22H30/c1-16-7-10-19(13-16)11-8-17(2)14-20-15-21(22(4,5)6)12-9-18(20)3/h7,9-10,12,15H,2,8,11,13-14H2,1,3-6H3. The molecule has 0 N–H and O–H groups in total. The van der Waals surface area contributed by atoms with Gasteiger partial charge in [-0.1, -0.05) is 74.4 Å². The largest absolute Gasteiger partial charge is 0.0995 e. The van der Waals surface area contributed by atoms with E-state index in [9.17, 15) is 0 Å². The first-order valence-corrected chi connectivity index (χ1v) is 8.37. The van der Waals surface area contributed by atoms with Crippen molar-refractivity contribution in [1.82, 2.24) is 0 Å². The molecule has 0 bridgehead atoms. The average Bonchev–Trinajstić information content (AvgIpc) is 2.83. The van der Waals surface area contributed by atoms with Gasteiger partial charge in [-0.25, -0.2) is 0 Å². The molecule has 0 aliphatic heterocycles. The van der Waals surface area contributed by atoms with Gasteiger partial charge in [0.1, 0.15) is 0 Å². The summed E-state index contributed by atoms with van der Waals surface area (Å²) in [5.74, 6) is 0. The highest BCUT2D eigenvalue weighted by Gasteiger charge is 2.15. The van der Waals surface area contributed by atoms with Gasteiger partial charge >= 0.3 is 0 Å². The second-order valence-electron chi connectivity index (χ2n) is 7.83. The molecule has 0 heterocycles. The zero-order chi connectivity index (χ0) is 16.3. The lowest BCUT2D eigenvalue weighted by Gasteiger charge is -2.21. The number of rotatable bonds is 5. The maximum Gasteiger partial charge on any atom is -0.00670 e. The molecule has 1 aliphatic carbocycles. The summed E-state index contributed by atoms with van der Waals surface area (Å²) in [6.45, 7) is 15.6. The van der Waals surface area contributed by atoms with E-state index in [1.54, 1.807) is 5.57 Å². The minimum absolute atomic E-state index is 0.210. The molecule has 1 aromatic rings. The van der Waals surface area contributed by atoms with Gasteiger partial charge < -0.3 is 0 Å². The zero-order valence-electron chi connectivity index (χ0n) is 14.9. The van der Waals surface area contributed by atoms with Gasteiger partial charge in [-0.3, -0.25) is 0 Å². The number of hydrogen-bond donors (Lipinski definition) is 0. The van der Waals surface area contributed by atoms with Crippen molar-refractivity contribution in [2.24, 2.45) is 0 Å². The highest BCUT2D eigenvalue weighted by atomic mass is 14.2. The van der Waals surface area contributed by atoms with Crippen LogP contribution in [0, 0.1) is 6.92 Å². The Kier molecular flexibility index (Phi) is 5.11. The van der Waals surface area contributed by atoms with Gasteiger partial charge in [-0.2, -0.15) is 0 Å². The molecule has 0 aromatic heterocycles. The predicted molar refractivity (Wildman–Crippen MR) is 98.4 cm³/mol. The Balaban J connectivity index is 1.96. The molecule has 0 saturated carbocycles. The van der Waals surface area contributed by atoms with Crippen LogP contribution < -0.4 is 0 Å². The first kappa shape index (κ1) is 16.8. The second-order valence-corrected chi connectivity index (χ2v) is 7.83. The molecule has 0 nitrogen and oxygen atoms in total. The summed E-state index contributed by atoms with van der Waals surface area (Å²) in [4.78, 5) is 0. The minimum atomic E-state index is 0.210. The maximum absolute atomic E-state index is 4.32. The van der Waals surface area contributed by atoms with Crippen LogP contribution in [0.3, 0.4) is 0 Å². The van der Waals surface area contributed by atoms with Gasteiger partial charge in [-0.15, -0.1) is 0 Å². The molecule has 118 valence electrons. The highest BCUT2D eigenvalue weighted by molar-refractivity contribution is 5.37. The van der Waals surface area contributed by atoms with Crippen LogP contribution in [0.25, 0.3) is 0 Å². The number of hydrogen-bond acceptors (Lipinski definition) is 0. The molecule has 0 fully saturated rings. The monoisotopic (exact) mass is 294 g/mol. The van der Waals surface area contributed by atoms with E-state index in [1.165, 1.54) is 27.8 Å². The molecule has 1 aliphatic rings. The normalized spacial score (nSPS) is 14.8. The Morgan fingerprint density at radius 2 is 1.86 bits per heavy atom. The van der Waals surface area contributed by atoms with Gasteiger partial charge in [0.2, 0.25) is 0 Å². The van der Waals surface area contributed by atoms with E-state index in [2.05, 4.69) is 71.5 Å². The van der Waals surface area contributed by atoms with Crippen molar-refractivity contribution in [3.8, 4) is 0 Å². The topological polar surface area (TPSA) is 0 Å². The Bertz CT molecular complexity index is 618. The van der Waals surface area contributed by atoms with Crippen LogP contribution in [0.15, 0.2) is 53.6 Å². The van der Waals surface area contributed by atoms with Crippen LogP contribution in [0.1, 0.15) is 63.6 Å². The smallest absolute Gasteiger partial charge is 0.00670 e. The first-order chi connectivity index (χ1) is 10.3. The third-order valence-corrected chi connectivity index (χ3v) is 4.56. The SMILES string of the molecule is C=C(CCC1=CC=C(C)C1)Cc1cc(C(C)(C)C)ccc1C. The van der Waals surface area contributed by atoms with Crippen LogP contribution in [0.2, 0.25) is 0 Å². The molecular weight excluding hydrogens is 264 g/mol. The fourth-order valence-corrected chi connectivity index (χ4v) is 2.93. The summed E-state index contributed by atoms with van der Waals surface area (Å²) in [6, 6.07) is 6.90. The Morgan fingerprint density at radius 3 is 2.45 bits per heavy atom. The van der Waals surface area contributed by atoms with Crippen LogP contribution in [-0.2, 0) is 11.8 Å². The third-order valence-electron chi connectivity index (χ3n) is 4.56. The molecule has 0 saturated heterocycles. The fourth-order valence-electron chi connectivity index (χ4n) is 2.93. The fraction of sp³-hybridized carbons (Fsp3) is 0.455. The van der Waals surface area contributed by atoms with Gasteiger partial charge in [0.25, 0.3) is 0 Å². The number of allylic oxidation sites excluding steroid dienone is 5.